The molecule has 0 radical (unpaired) electrons. The third kappa shape index (κ3) is 9.65. The molecule has 0 saturated carbocycles. The molecule has 29 heavy (non-hydrogen) atoms. The Kier molecular flexibility index (Phi) is 9.94. The molecule has 0 aliphatic heterocycles. The normalized spacial score (nSPS) is 12.7. The van der Waals surface area contributed by atoms with Gasteiger partial charge in [0.15, 0.2) is 5.78 Å². The number of hydrogen-bond acceptors (Lipinski definition) is 5. The van der Waals surface area contributed by atoms with Crippen LogP contribution in [0.5, 0.6) is 5.75 Å². The van der Waals surface area contributed by atoms with Gasteiger partial charge in [0.1, 0.15) is 11.9 Å². The molecule has 1 amide bonds. The minimum absolute atomic E-state index is 0.0123. The van der Waals surface area contributed by atoms with Crippen LogP contribution in [-0.2, 0) is 15.9 Å². The summed E-state index contributed by atoms with van der Waals surface area (Å²) in [6.07, 6.45) is -6.76. The average molecular weight is 419 g/mol. The first-order valence-electron chi connectivity index (χ1n) is 9.34. The van der Waals surface area contributed by atoms with Crippen LogP contribution in [0.25, 0.3) is 0 Å². The predicted molar refractivity (Wildman–Crippen MR) is 101 cm³/mol. The maximum atomic E-state index is 12.5. The van der Waals surface area contributed by atoms with Gasteiger partial charge in [0.25, 0.3) is 0 Å². The summed E-state index contributed by atoms with van der Waals surface area (Å²) in [5.41, 5.74) is 5.90. The fourth-order valence-electron chi connectivity index (χ4n) is 2.61. The molecule has 0 bridgehead atoms. The number of benzene rings is 1. The molecule has 1 aromatic carbocycles. The highest BCUT2D eigenvalue weighted by Crippen LogP contribution is 2.28. The zero-order chi connectivity index (χ0) is 22.0. The van der Waals surface area contributed by atoms with Gasteiger partial charge in [-0.2, -0.15) is 13.2 Å². The van der Waals surface area contributed by atoms with Gasteiger partial charge in [-0.25, -0.2) is 4.79 Å². The summed E-state index contributed by atoms with van der Waals surface area (Å²) in [6, 6.07) is 4.65. The Balaban J connectivity index is 3.03. The number of primary amides is 1. The highest BCUT2D eigenvalue weighted by Gasteiger charge is 2.29. The number of alkyl halides is 3. The van der Waals surface area contributed by atoms with E-state index in [1.807, 2.05) is 13.8 Å². The summed E-state index contributed by atoms with van der Waals surface area (Å²) in [7, 11) is 1.54. The number of methoxy groups -OCH3 is 1. The molecule has 0 fully saturated rings. The second kappa shape index (κ2) is 11.6. The molecule has 0 heterocycles. The molecule has 2 N–H and O–H groups in total. The minimum Gasteiger partial charge on any atom is -0.493 e. The molecule has 9 heteroatoms. The number of ketones is 1. The molecule has 6 nitrogen and oxygen atoms in total. The van der Waals surface area contributed by atoms with Gasteiger partial charge in [0.05, 0.1) is 18.6 Å². The molecule has 1 rings (SSSR count). The van der Waals surface area contributed by atoms with Gasteiger partial charge in [0.2, 0.25) is 0 Å². The minimum atomic E-state index is -4.41. The number of halogens is 3. The summed E-state index contributed by atoms with van der Waals surface area (Å²) in [5.74, 6) is -0.460. The lowest BCUT2D eigenvalue weighted by Gasteiger charge is -2.21. The van der Waals surface area contributed by atoms with Crippen molar-refractivity contribution in [3.8, 4) is 5.75 Å². The summed E-state index contributed by atoms with van der Waals surface area (Å²) in [6.45, 7) is 4.41. The fraction of sp³-hybridized carbons (Fsp3) is 0.600. The predicted octanol–water partition coefficient (Wildman–Crippen LogP) is 4.29. The first kappa shape index (κ1) is 24.7. The molecule has 0 aliphatic rings. The van der Waals surface area contributed by atoms with Crippen LogP contribution < -0.4 is 10.5 Å². The number of carbonyl (C=O) groups is 2. The summed E-state index contributed by atoms with van der Waals surface area (Å²) >= 11 is 0. The van der Waals surface area contributed by atoms with E-state index in [0.29, 0.717) is 25.0 Å². The molecular weight excluding hydrogens is 391 g/mol. The molecular formula is C20H28F3NO5. The maximum absolute atomic E-state index is 12.5. The lowest BCUT2D eigenvalue weighted by atomic mass is 9.96. The van der Waals surface area contributed by atoms with Crippen molar-refractivity contribution < 1.29 is 37.0 Å². The first-order chi connectivity index (χ1) is 13.5. The summed E-state index contributed by atoms with van der Waals surface area (Å²) < 4.78 is 53.1. The quantitative estimate of drug-likeness (QED) is 0.403. The van der Waals surface area contributed by atoms with Gasteiger partial charge in [-0.05, 0) is 23.6 Å². The highest BCUT2D eigenvalue weighted by molar-refractivity contribution is 5.98. The van der Waals surface area contributed by atoms with E-state index in [-0.39, 0.29) is 23.8 Å². The second-order valence-electron chi connectivity index (χ2n) is 6.99. The Bertz CT molecular complexity index is 677. The van der Waals surface area contributed by atoms with Crippen molar-refractivity contribution in [1.29, 1.82) is 0 Å². The van der Waals surface area contributed by atoms with Crippen molar-refractivity contribution in [1.82, 2.24) is 0 Å². The van der Waals surface area contributed by atoms with Crippen LogP contribution in [0.1, 0.15) is 49.0 Å². The topological polar surface area (TPSA) is 87.8 Å². The number of hydrogen-bond donors (Lipinski definition) is 1. The van der Waals surface area contributed by atoms with Crippen LogP contribution in [0, 0.1) is 5.92 Å². The fourth-order valence-corrected chi connectivity index (χ4v) is 2.61. The monoisotopic (exact) mass is 419 g/mol. The molecule has 1 aromatic rings. The van der Waals surface area contributed by atoms with E-state index in [1.165, 1.54) is 13.2 Å². The Morgan fingerprint density at radius 3 is 2.41 bits per heavy atom. The highest BCUT2D eigenvalue weighted by atomic mass is 19.4. The zero-order valence-corrected chi connectivity index (χ0v) is 16.9. The SMILES string of the molecule is COCCCOc1cc(CC(OC(N)=O)C(C)C)ccc1C(=O)CCC(F)(F)F. The van der Waals surface area contributed by atoms with E-state index in [4.69, 9.17) is 19.9 Å². The van der Waals surface area contributed by atoms with Crippen molar-refractivity contribution in [2.45, 2.75) is 51.8 Å². The number of Topliss-reactive ketones (excluding diaryl/α,β-unsaturated/α-hetero) is 1. The Hall–Kier alpha value is -2.29. The number of carbonyl (C=O) groups excluding carboxylic acids is 2. The molecule has 1 atom stereocenters. The number of rotatable bonds is 12. The Morgan fingerprint density at radius 1 is 1.17 bits per heavy atom. The van der Waals surface area contributed by atoms with E-state index < -0.39 is 37.0 Å². The summed E-state index contributed by atoms with van der Waals surface area (Å²) in [4.78, 5) is 23.4. The molecule has 0 saturated heterocycles. The van der Waals surface area contributed by atoms with E-state index in [2.05, 4.69) is 0 Å². The van der Waals surface area contributed by atoms with E-state index >= 15 is 0 Å². The number of amides is 1. The maximum Gasteiger partial charge on any atom is 0.404 e. The van der Waals surface area contributed by atoms with Gasteiger partial charge in [0, 0.05) is 33.0 Å². The Labute approximate surface area is 168 Å². The van der Waals surface area contributed by atoms with Crippen molar-refractivity contribution >= 4 is 11.9 Å². The second-order valence-corrected chi connectivity index (χ2v) is 6.99. The van der Waals surface area contributed by atoms with Crippen LogP contribution in [-0.4, -0.2) is 44.5 Å². The van der Waals surface area contributed by atoms with Crippen LogP contribution >= 0.6 is 0 Å². The van der Waals surface area contributed by atoms with E-state index in [1.54, 1.807) is 12.1 Å². The largest absolute Gasteiger partial charge is 0.493 e. The van der Waals surface area contributed by atoms with Gasteiger partial charge in [-0.15, -0.1) is 0 Å². The van der Waals surface area contributed by atoms with Crippen molar-refractivity contribution in [3.63, 3.8) is 0 Å². The molecule has 0 spiro atoms. The van der Waals surface area contributed by atoms with Crippen LogP contribution in [0.3, 0.4) is 0 Å². The molecule has 1 unspecified atom stereocenters. The smallest absolute Gasteiger partial charge is 0.404 e. The molecule has 0 aliphatic carbocycles. The Morgan fingerprint density at radius 2 is 1.86 bits per heavy atom. The molecule has 164 valence electrons. The third-order valence-corrected chi connectivity index (χ3v) is 4.18. The van der Waals surface area contributed by atoms with Gasteiger partial charge in [-0.1, -0.05) is 19.9 Å². The van der Waals surface area contributed by atoms with E-state index in [0.717, 1.165) is 0 Å². The van der Waals surface area contributed by atoms with Crippen molar-refractivity contribution in [2.24, 2.45) is 11.7 Å². The van der Waals surface area contributed by atoms with Gasteiger partial charge < -0.3 is 19.9 Å². The third-order valence-electron chi connectivity index (χ3n) is 4.18. The standard InChI is InChI=1S/C20H28F3NO5/c1-13(2)17(29-19(24)26)11-14-5-6-15(16(25)7-8-20(21,22)23)18(12-14)28-10-4-9-27-3/h5-6,12-13,17H,4,7-11H2,1-3H3,(H2,24,26). The van der Waals surface area contributed by atoms with Crippen molar-refractivity contribution in [2.75, 3.05) is 20.3 Å². The van der Waals surface area contributed by atoms with Crippen LogP contribution in [0.4, 0.5) is 18.0 Å². The van der Waals surface area contributed by atoms with Crippen molar-refractivity contribution in [3.05, 3.63) is 29.3 Å². The van der Waals surface area contributed by atoms with Crippen LogP contribution in [0.15, 0.2) is 18.2 Å². The lowest BCUT2D eigenvalue weighted by Crippen LogP contribution is -2.29. The van der Waals surface area contributed by atoms with Gasteiger partial charge >= 0.3 is 12.3 Å². The molecule has 0 aromatic heterocycles. The first-order valence-corrected chi connectivity index (χ1v) is 9.34. The number of ether oxygens (including phenoxy) is 3. The lowest BCUT2D eigenvalue weighted by molar-refractivity contribution is -0.133. The van der Waals surface area contributed by atoms with E-state index in [9.17, 15) is 22.8 Å². The van der Waals surface area contributed by atoms with Crippen LogP contribution in [0.2, 0.25) is 0 Å². The zero-order valence-electron chi connectivity index (χ0n) is 16.9. The van der Waals surface area contributed by atoms with Gasteiger partial charge in [-0.3, -0.25) is 4.79 Å². The number of nitrogens with two attached hydrogens (primary N) is 1. The average Bonchev–Trinajstić information content (AvgIpc) is 2.62. The summed E-state index contributed by atoms with van der Waals surface area (Å²) in [5, 5.41) is 0.